The maximum absolute atomic E-state index is 13.5. The Hall–Kier alpha value is -2.43. The van der Waals surface area contributed by atoms with Crippen LogP contribution in [0, 0.1) is 5.82 Å². The number of hydrogen-bond acceptors (Lipinski definition) is 3. The van der Waals surface area contributed by atoms with Crippen molar-refractivity contribution in [2.75, 3.05) is 0 Å². The number of rotatable bonds is 3. The second-order valence-electron chi connectivity index (χ2n) is 4.63. The third-order valence-corrected chi connectivity index (χ3v) is 3.31. The third-order valence-electron chi connectivity index (χ3n) is 3.31. The molecule has 1 heterocycles. The first-order valence-corrected chi connectivity index (χ1v) is 6.33. The number of fused-ring (bicyclic) bond motifs is 1. The molecule has 1 N–H and O–H groups in total. The van der Waals surface area contributed by atoms with Gasteiger partial charge in [0, 0.05) is 11.8 Å². The van der Waals surface area contributed by atoms with Gasteiger partial charge in [0.05, 0.1) is 0 Å². The number of carbonyl (C=O) groups is 1. The Labute approximate surface area is 114 Å². The van der Waals surface area contributed by atoms with E-state index in [-0.39, 0.29) is 5.75 Å². The van der Waals surface area contributed by atoms with Crippen LogP contribution in [0.5, 0.6) is 11.6 Å². The second kappa shape index (κ2) is 4.92. The number of nitrogens with zero attached hydrogens (tertiary/aromatic N) is 1. The Balaban J connectivity index is 1.95. The van der Waals surface area contributed by atoms with Crippen LogP contribution < -0.4 is 4.74 Å². The van der Waals surface area contributed by atoms with Crippen molar-refractivity contribution in [1.29, 1.82) is 0 Å². The molecule has 4 nitrogen and oxygen atoms in total. The van der Waals surface area contributed by atoms with Crippen LogP contribution >= 0.6 is 0 Å². The highest BCUT2D eigenvalue weighted by Crippen LogP contribution is 2.28. The molecule has 0 spiro atoms. The lowest BCUT2D eigenvalue weighted by Gasteiger charge is -2.09. The van der Waals surface area contributed by atoms with E-state index in [0.717, 1.165) is 31.0 Å². The Morgan fingerprint density at radius 3 is 2.90 bits per heavy atom. The molecule has 1 aromatic heterocycles. The van der Waals surface area contributed by atoms with Crippen LogP contribution in [0.2, 0.25) is 0 Å². The lowest BCUT2D eigenvalue weighted by Crippen LogP contribution is -2.04. The molecule has 5 heteroatoms. The van der Waals surface area contributed by atoms with Crippen LogP contribution in [0.1, 0.15) is 28.0 Å². The van der Waals surface area contributed by atoms with Crippen molar-refractivity contribution >= 4 is 5.97 Å². The zero-order valence-electron chi connectivity index (χ0n) is 10.6. The van der Waals surface area contributed by atoms with Crippen molar-refractivity contribution in [1.82, 2.24) is 4.98 Å². The van der Waals surface area contributed by atoms with Gasteiger partial charge in [-0.15, -0.1) is 0 Å². The molecule has 2 aromatic rings. The quantitative estimate of drug-likeness (QED) is 0.932. The molecule has 1 aliphatic carbocycles. The first-order chi connectivity index (χ1) is 9.65. The molecule has 0 radical (unpaired) electrons. The number of hydrogen-bond donors (Lipinski definition) is 1. The van der Waals surface area contributed by atoms with E-state index >= 15 is 0 Å². The lowest BCUT2D eigenvalue weighted by molar-refractivity contribution is 0.0689. The van der Waals surface area contributed by atoms with Gasteiger partial charge in [0.15, 0.2) is 0 Å². The van der Waals surface area contributed by atoms with Gasteiger partial charge in [0.25, 0.3) is 0 Å². The maximum Gasteiger partial charge on any atom is 0.342 e. The van der Waals surface area contributed by atoms with Crippen LogP contribution in [0.3, 0.4) is 0 Å². The molecule has 102 valence electrons. The van der Waals surface area contributed by atoms with Gasteiger partial charge in [0.1, 0.15) is 17.1 Å². The Morgan fingerprint density at radius 1 is 1.25 bits per heavy atom. The molecule has 1 aliphatic rings. The minimum Gasteiger partial charge on any atom is -0.477 e. The number of halogens is 1. The van der Waals surface area contributed by atoms with E-state index in [0.29, 0.717) is 5.88 Å². The lowest BCUT2D eigenvalue weighted by atomic mass is 10.2. The summed E-state index contributed by atoms with van der Waals surface area (Å²) in [6.45, 7) is 0. The van der Waals surface area contributed by atoms with Crippen molar-refractivity contribution in [3.8, 4) is 11.6 Å². The highest BCUT2D eigenvalue weighted by atomic mass is 19.1. The molecule has 1 aromatic carbocycles. The molecule has 0 fully saturated rings. The Bertz CT molecular complexity index is 685. The minimum absolute atomic E-state index is 0.0389. The summed E-state index contributed by atoms with van der Waals surface area (Å²) in [7, 11) is 0. The monoisotopic (exact) mass is 273 g/mol. The molecule has 0 bridgehead atoms. The molecule has 3 rings (SSSR count). The van der Waals surface area contributed by atoms with Crippen molar-refractivity contribution in [3.63, 3.8) is 0 Å². The van der Waals surface area contributed by atoms with Crippen LogP contribution in [-0.4, -0.2) is 16.1 Å². The van der Waals surface area contributed by atoms with E-state index in [2.05, 4.69) is 4.98 Å². The van der Waals surface area contributed by atoms with E-state index in [1.54, 1.807) is 6.07 Å². The van der Waals surface area contributed by atoms with Gasteiger partial charge in [-0.3, -0.25) is 0 Å². The zero-order valence-corrected chi connectivity index (χ0v) is 10.6. The Morgan fingerprint density at radius 2 is 2.10 bits per heavy atom. The van der Waals surface area contributed by atoms with Crippen LogP contribution in [0.25, 0.3) is 0 Å². The summed E-state index contributed by atoms with van der Waals surface area (Å²) in [5.41, 5.74) is 1.68. The second-order valence-corrected chi connectivity index (χ2v) is 4.63. The molecular weight excluding hydrogens is 261 g/mol. The normalized spacial score (nSPS) is 13.1. The number of carboxylic acid groups (broad SMARTS) is 1. The molecule has 0 aliphatic heterocycles. The van der Waals surface area contributed by atoms with E-state index in [4.69, 9.17) is 9.84 Å². The highest BCUT2D eigenvalue weighted by molar-refractivity contribution is 5.91. The van der Waals surface area contributed by atoms with Gasteiger partial charge in [0.2, 0.25) is 5.88 Å². The fourth-order valence-corrected chi connectivity index (χ4v) is 2.37. The average Bonchev–Trinajstić information content (AvgIpc) is 2.85. The van der Waals surface area contributed by atoms with Gasteiger partial charge in [-0.1, -0.05) is 12.1 Å². The molecular formula is C15H12FNO3. The molecule has 0 amide bonds. The topological polar surface area (TPSA) is 59.4 Å². The number of carboxylic acids is 1. The van der Waals surface area contributed by atoms with Gasteiger partial charge < -0.3 is 9.84 Å². The summed E-state index contributed by atoms with van der Waals surface area (Å²) in [6, 6.07) is 7.52. The van der Waals surface area contributed by atoms with Crippen molar-refractivity contribution in [2.45, 2.75) is 19.3 Å². The summed E-state index contributed by atoms with van der Waals surface area (Å²) in [6.07, 6.45) is 2.95. The van der Waals surface area contributed by atoms with E-state index < -0.39 is 17.3 Å². The van der Waals surface area contributed by atoms with Gasteiger partial charge in [-0.25, -0.2) is 14.2 Å². The molecule has 0 atom stereocenters. The summed E-state index contributed by atoms with van der Waals surface area (Å²) >= 11 is 0. The van der Waals surface area contributed by atoms with E-state index in [9.17, 15) is 9.18 Å². The highest BCUT2D eigenvalue weighted by Gasteiger charge is 2.19. The molecule has 0 unspecified atom stereocenters. The molecule has 0 saturated carbocycles. The van der Waals surface area contributed by atoms with Crippen molar-refractivity contribution in [3.05, 3.63) is 53.0 Å². The van der Waals surface area contributed by atoms with Crippen molar-refractivity contribution < 1.29 is 19.0 Å². The van der Waals surface area contributed by atoms with Crippen LogP contribution in [0.15, 0.2) is 30.3 Å². The largest absolute Gasteiger partial charge is 0.477 e. The van der Waals surface area contributed by atoms with Gasteiger partial charge >= 0.3 is 5.97 Å². The van der Waals surface area contributed by atoms with Crippen molar-refractivity contribution in [2.24, 2.45) is 0 Å². The van der Waals surface area contributed by atoms with Crippen LogP contribution in [-0.2, 0) is 12.8 Å². The number of aromatic carboxylic acids is 1. The fourth-order valence-electron chi connectivity index (χ4n) is 2.37. The molecule has 20 heavy (non-hydrogen) atoms. The predicted octanol–water partition coefficient (Wildman–Crippen LogP) is 3.20. The summed E-state index contributed by atoms with van der Waals surface area (Å²) in [5, 5.41) is 9.04. The summed E-state index contributed by atoms with van der Waals surface area (Å²) in [4.78, 5) is 15.4. The zero-order chi connectivity index (χ0) is 14.1. The number of benzene rings is 1. The average molecular weight is 273 g/mol. The number of aryl methyl sites for hydroxylation is 2. The van der Waals surface area contributed by atoms with E-state index in [1.807, 2.05) is 6.07 Å². The number of pyridine rings is 1. The van der Waals surface area contributed by atoms with Crippen LogP contribution in [0.4, 0.5) is 4.39 Å². The summed E-state index contributed by atoms with van der Waals surface area (Å²) in [5.74, 6) is -1.93. The Kier molecular flexibility index (Phi) is 3.10. The van der Waals surface area contributed by atoms with E-state index in [1.165, 1.54) is 17.7 Å². The maximum atomic E-state index is 13.5. The fraction of sp³-hybridized carbons (Fsp3) is 0.200. The first-order valence-electron chi connectivity index (χ1n) is 6.33. The third kappa shape index (κ3) is 2.22. The molecule has 0 saturated heterocycles. The number of ether oxygens (including phenoxy) is 1. The first kappa shape index (κ1) is 12.6. The van der Waals surface area contributed by atoms with Gasteiger partial charge in [-0.05, 0) is 37.0 Å². The minimum atomic E-state index is -1.36. The summed E-state index contributed by atoms with van der Waals surface area (Å²) < 4.78 is 19.0. The van der Waals surface area contributed by atoms with Gasteiger partial charge in [-0.2, -0.15) is 0 Å². The predicted molar refractivity (Wildman–Crippen MR) is 69.7 cm³/mol. The smallest absolute Gasteiger partial charge is 0.342 e. The standard InChI is InChI=1S/C15H12FNO3/c16-10-4-2-6-12(14(10)15(18)19)20-13-8-7-9-3-1-5-11(9)17-13/h2,4,6-8H,1,3,5H2,(H,18,19). The SMILES string of the molecule is O=C(O)c1c(F)cccc1Oc1ccc2c(n1)CCC2. The number of aromatic nitrogens is 1.